The van der Waals surface area contributed by atoms with Crippen LogP contribution in [0.5, 0.6) is 0 Å². The summed E-state index contributed by atoms with van der Waals surface area (Å²) in [7, 11) is 0. The molecule has 0 spiro atoms. The molecule has 64 valence electrons. The van der Waals surface area contributed by atoms with Crippen LogP contribution in [0.25, 0.3) is 0 Å². The van der Waals surface area contributed by atoms with E-state index in [1.54, 1.807) is 0 Å². The minimum absolute atomic E-state index is 0.777. The molecule has 1 atom stereocenters. The molecule has 0 nitrogen and oxygen atoms in total. The van der Waals surface area contributed by atoms with Crippen molar-refractivity contribution in [3.8, 4) is 0 Å². The molecule has 0 aromatic carbocycles. The summed E-state index contributed by atoms with van der Waals surface area (Å²) < 4.78 is 0. The first kappa shape index (κ1) is 10.5. The molecule has 0 fully saturated rings. The molecular weight excluding hydrogens is 132 g/mol. The minimum Gasteiger partial charge on any atom is -0.0817 e. The maximum atomic E-state index is 2.27. The van der Waals surface area contributed by atoms with Crippen LogP contribution in [0.2, 0.25) is 0 Å². The van der Waals surface area contributed by atoms with Crippen molar-refractivity contribution >= 4 is 0 Å². The molecule has 0 bridgehead atoms. The highest BCUT2D eigenvalue weighted by Crippen LogP contribution is 2.16. The lowest BCUT2D eigenvalue weighted by Gasteiger charge is -2.01. The van der Waals surface area contributed by atoms with Crippen molar-refractivity contribution in [3.05, 3.63) is 23.8 Å². The lowest BCUT2D eigenvalue weighted by Crippen LogP contribution is -1.86. The van der Waals surface area contributed by atoms with E-state index in [1.165, 1.54) is 18.4 Å². The van der Waals surface area contributed by atoms with Crippen LogP contribution in [0.1, 0.15) is 40.5 Å². The lowest BCUT2D eigenvalue weighted by molar-refractivity contribution is 0.650. The standard InChI is InChI=1S/C9H14.C2H6/c1-8-4-3-5-9(2)7-6-8;1-2/h3-5,8H,6-7H2,1-2H3;1-2H3. The Labute approximate surface area is 71.0 Å². The van der Waals surface area contributed by atoms with E-state index in [4.69, 9.17) is 0 Å². The fraction of sp³-hybridized carbons (Fsp3) is 0.636. The smallest absolute Gasteiger partial charge is 0.0256 e. The minimum atomic E-state index is 0.777. The summed E-state index contributed by atoms with van der Waals surface area (Å²) in [4.78, 5) is 0. The summed E-state index contributed by atoms with van der Waals surface area (Å²) in [5, 5.41) is 0. The second-order valence-electron chi connectivity index (χ2n) is 2.91. The normalized spacial score (nSPS) is 22.9. The molecule has 1 rings (SSSR count). The summed E-state index contributed by atoms with van der Waals surface area (Å²) in [5.41, 5.74) is 1.51. The number of hydrogen-bond acceptors (Lipinski definition) is 0. The Morgan fingerprint density at radius 3 is 2.64 bits per heavy atom. The molecule has 0 heterocycles. The van der Waals surface area contributed by atoms with E-state index in [9.17, 15) is 0 Å². The average molecular weight is 152 g/mol. The predicted octanol–water partition coefficient (Wildman–Crippen LogP) is 3.95. The number of allylic oxidation sites excluding steroid dienone is 4. The van der Waals surface area contributed by atoms with E-state index < -0.39 is 0 Å². The third-order valence-corrected chi connectivity index (χ3v) is 1.81. The second-order valence-corrected chi connectivity index (χ2v) is 2.91. The predicted molar refractivity (Wildman–Crippen MR) is 52.6 cm³/mol. The van der Waals surface area contributed by atoms with Crippen LogP contribution in [0, 0.1) is 5.92 Å². The Kier molecular flexibility index (Phi) is 5.91. The van der Waals surface area contributed by atoms with E-state index in [0.29, 0.717) is 0 Å². The third kappa shape index (κ3) is 4.83. The largest absolute Gasteiger partial charge is 0.0817 e. The van der Waals surface area contributed by atoms with Crippen LogP contribution in [-0.4, -0.2) is 0 Å². The Bertz CT molecular complexity index is 140. The van der Waals surface area contributed by atoms with Gasteiger partial charge < -0.3 is 0 Å². The average Bonchev–Trinajstić information content (AvgIpc) is 2.20. The van der Waals surface area contributed by atoms with Crippen molar-refractivity contribution in [1.82, 2.24) is 0 Å². The number of hydrogen-bond donors (Lipinski definition) is 0. The third-order valence-electron chi connectivity index (χ3n) is 1.81. The summed E-state index contributed by atoms with van der Waals surface area (Å²) in [6, 6.07) is 0. The highest BCUT2D eigenvalue weighted by atomic mass is 14.0. The molecule has 0 aliphatic heterocycles. The quantitative estimate of drug-likeness (QED) is 0.493. The van der Waals surface area contributed by atoms with Gasteiger partial charge in [0.1, 0.15) is 0 Å². The molecule has 1 aliphatic carbocycles. The molecule has 0 aromatic rings. The van der Waals surface area contributed by atoms with Crippen LogP contribution in [0.4, 0.5) is 0 Å². The van der Waals surface area contributed by atoms with Gasteiger partial charge in [-0.05, 0) is 25.7 Å². The van der Waals surface area contributed by atoms with Gasteiger partial charge in [-0.15, -0.1) is 0 Å². The Balaban J connectivity index is 0.000000461. The zero-order valence-electron chi connectivity index (χ0n) is 8.22. The molecule has 0 N–H and O–H groups in total. The summed E-state index contributed by atoms with van der Waals surface area (Å²) in [6.07, 6.45) is 9.25. The van der Waals surface area contributed by atoms with Gasteiger partial charge in [0.15, 0.2) is 0 Å². The van der Waals surface area contributed by atoms with E-state index >= 15 is 0 Å². The van der Waals surface area contributed by atoms with E-state index in [2.05, 4.69) is 32.1 Å². The Morgan fingerprint density at radius 2 is 2.00 bits per heavy atom. The van der Waals surface area contributed by atoms with Gasteiger partial charge in [-0.1, -0.05) is 44.6 Å². The van der Waals surface area contributed by atoms with Crippen LogP contribution >= 0.6 is 0 Å². The van der Waals surface area contributed by atoms with Crippen LogP contribution < -0.4 is 0 Å². The van der Waals surface area contributed by atoms with Gasteiger partial charge in [0.05, 0.1) is 0 Å². The topological polar surface area (TPSA) is 0 Å². The molecule has 1 unspecified atom stereocenters. The van der Waals surface area contributed by atoms with Crippen LogP contribution in [0.15, 0.2) is 23.8 Å². The van der Waals surface area contributed by atoms with Crippen molar-refractivity contribution < 1.29 is 0 Å². The molecule has 0 radical (unpaired) electrons. The fourth-order valence-corrected chi connectivity index (χ4v) is 1.04. The molecule has 11 heavy (non-hydrogen) atoms. The van der Waals surface area contributed by atoms with Gasteiger partial charge >= 0.3 is 0 Å². The first-order chi connectivity index (χ1) is 5.29. The van der Waals surface area contributed by atoms with Gasteiger partial charge in [0.2, 0.25) is 0 Å². The van der Waals surface area contributed by atoms with Gasteiger partial charge in [0.25, 0.3) is 0 Å². The monoisotopic (exact) mass is 152 g/mol. The second kappa shape index (κ2) is 6.21. The summed E-state index contributed by atoms with van der Waals surface area (Å²) in [5.74, 6) is 0.777. The summed E-state index contributed by atoms with van der Waals surface area (Å²) in [6.45, 7) is 8.46. The molecule has 0 heteroatoms. The van der Waals surface area contributed by atoms with Crippen molar-refractivity contribution in [2.75, 3.05) is 0 Å². The molecule has 0 amide bonds. The van der Waals surface area contributed by atoms with Crippen molar-refractivity contribution in [2.45, 2.75) is 40.5 Å². The van der Waals surface area contributed by atoms with E-state index in [1.807, 2.05) is 13.8 Å². The molecule has 0 saturated carbocycles. The zero-order valence-corrected chi connectivity index (χ0v) is 8.22. The molecular formula is C11H20. The van der Waals surface area contributed by atoms with Crippen molar-refractivity contribution in [2.24, 2.45) is 5.92 Å². The molecule has 0 aromatic heterocycles. The molecule has 0 saturated heterocycles. The Morgan fingerprint density at radius 1 is 1.36 bits per heavy atom. The van der Waals surface area contributed by atoms with Crippen molar-refractivity contribution in [3.63, 3.8) is 0 Å². The first-order valence-corrected chi connectivity index (χ1v) is 4.63. The van der Waals surface area contributed by atoms with E-state index in [0.717, 1.165) is 5.92 Å². The maximum absolute atomic E-state index is 2.27. The SMILES string of the molecule is CC.CC1=CC=CC(C)CC1. The fourth-order valence-electron chi connectivity index (χ4n) is 1.04. The van der Waals surface area contributed by atoms with Gasteiger partial charge in [-0.2, -0.15) is 0 Å². The van der Waals surface area contributed by atoms with Crippen molar-refractivity contribution in [1.29, 1.82) is 0 Å². The van der Waals surface area contributed by atoms with Gasteiger partial charge in [0, 0.05) is 0 Å². The Hall–Kier alpha value is -0.520. The number of rotatable bonds is 0. The highest BCUT2D eigenvalue weighted by Gasteiger charge is 1.99. The highest BCUT2D eigenvalue weighted by molar-refractivity contribution is 5.13. The van der Waals surface area contributed by atoms with Gasteiger partial charge in [-0.25, -0.2) is 0 Å². The van der Waals surface area contributed by atoms with Crippen LogP contribution in [-0.2, 0) is 0 Å². The van der Waals surface area contributed by atoms with Gasteiger partial charge in [-0.3, -0.25) is 0 Å². The lowest BCUT2D eigenvalue weighted by atomic mass is 10.0. The summed E-state index contributed by atoms with van der Waals surface area (Å²) >= 11 is 0. The van der Waals surface area contributed by atoms with Crippen LogP contribution in [0.3, 0.4) is 0 Å². The molecule has 1 aliphatic rings. The zero-order chi connectivity index (χ0) is 8.69. The van der Waals surface area contributed by atoms with E-state index in [-0.39, 0.29) is 0 Å². The maximum Gasteiger partial charge on any atom is -0.0256 e. The first-order valence-electron chi connectivity index (χ1n) is 4.63.